The van der Waals surface area contributed by atoms with E-state index in [0.717, 1.165) is 30.8 Å². The number of nitrogens with one attached hydrogen (secondary N) is 1. The highest BCUT2D eigenvalue weighted by Gasteiger charge is 2.31. The molecule has 1 aliphatic rings. The summed E-state index contributed by atoms with van der Waals surface area (Å²) >= 11 is 0. The number of hydrogen-bond donors (Lipinski definition) is 2. The molecule has 2 rings (SSSR count). The van der Waals surface area contributed by atoms with Gasteiger partial charge >= 0.3 is 6.18 Å². The zero-order chi connectivity index (χ0) is 13.3. The molecule has 1 aromatic carbocycles. The summed E-state index contributed by atoms with van der Waals surface area (Å²) in [5, 5.41) is 7.36. The van der Waals surface area contributed by atoms with Gasteiger partial charge < -0.3 is 10.6 Å². The van der Waals surface area contributed by atoms with Crippen LogP contribution < -0.4 is 10.6 Å². The van der Waals surface area contributed by atoms with E-state index in [1.165, 1.54) is 12.1 Å². The number of hydrogen-bond acceptors (Lipinski definition) is 2. The SMILES string of the molecule is N=C(N)[C@H]1CCN(c2ccc(C(F)(F)F)cc2)C1. The molecule has 0 radical (unpaired) electrons. The zero-order valence-electron chi connectivity index (χ0n) is 9.67. The molecule has 98 valence electrons. The van der Waals surface area contributed by atoms with Crippen LogP contribution in [0.4, 0.5) is 18.9 Å². The molecule has 1 aromatic rings. The molecule has 18 heavy (non-hydrogen) atoms. The van der Waals surface area contributed by atoms with Crippen LogP contribution in [0.15, 0.2) is 24.3 Å². The third-order valence-corrected chi connectivity index (χ3v) is 3.19. The van der Waals surface area contributed by atoms with Crippen molar-refractivity contribution in [3.63, 3.8) is 0 Å². The van der Waals surface area contributed by atoms with Crippen LogP contribution in [-0.2, 0) is 6.18 Å². The summed E-state index contributed by atoms with van der Waals surface area (Å²) in [6, 6.07) is 5.09. The number of halogens is 3. The van der Waals surface area contributed by atoms with Gasteiger partial charge in [-0.1, -0.05) is 0 Å². The minimum atomic E-state index is -4.30. The summed E-state index contributed by atoms with van der Waals surface area (Å²) in [5.74, 6) is 0.150. The van der Waals surface area contributed by atoms with E-state index in [4.69, 9.17) is 11.1 Å². The van der Waals surface area contributed by atoms with Crippen LogP contribution >= 0.6 is 0 Å². The largest absolute Gasteiger partial charge is 0.416 e. The Morgan fingerprint density at radius 3 is 2.33 bits per heavy atom. The number of amidine groups is 1. The monoisotopic (exact) mass is 257 g/mol. The first-order valence-corrected chi connectivity index (χ1v) is 5.64. The summed E-state index contributed by atoms with van der Waals surface area (Å²) in [6.45, 7) is 1.32. The van der Waals surface area contributed by atoms with E-state index in [0.29, 0.717) is 6.54 Å². The molecule has 0 saturated carbocycles. The minimum Gasteiger partial charge on any atom is -0.387 e. The lowest BCUT2D eigenvalue weighted by atomic mass is 10.1. The van der Waals surface area contributed by atoms with E-state index in [2.05, 4.69) is 0 Å². The summed E-state index contributed by atoms with van der Waals surface area (Å²) in [7, 11) is 0. The first kappa shape index (κ1) is 12.7. The summed E-state index contributed by atoms with van der Waals surface area (Å²) in [5.41, 5.74) is 5.52. The molecule has 0 aliphatic carbocycles. The van der Waals surface area contributed by atoms with Gasteiger partial charge in [-0.25, -0.2) is 0 Å². The van der Waals surface area contributed by atoms with E-state index in [9.17, 15) is 13.2 Å². The van der Waals surface area contributed by atoms with Crippen LogP contribution in [0.2, 0.25) is 0 Å². The summed E-state index contributed by atoms with van der Waals surface area (Å²) in [4.78, 5) is 1.95. The number of nitrogens with zero attached hydrogens (tertiary/aromatic N) is 1. The van der Waals surface area contributed by atoms with Crippen LogP contribution in [0.1, 0.15) is 12.0 Å². The molecular formula is C12H14F3N3. The molecule has 1 saturated heterocycles. The minimum absolute atomic E-state index is 0.00675. The van der Waals surface area contributed by atoms with Crippen LogP contribution in [0.25, 0.3) is 0 Å². The lowest BCUT2D eigenvalue weighted by Gasteiger charge is -2.19. The second-order valence-corrected chi connectivity index (χ2v) is 4.43. The predicted octanol–water partition coefficient (Wildman–Crippen LogP) is 2.47. The van der Waals surface area contributed by atoms with E-state index >= 15 is 0 Å². The molecule has 0 unspecified atom stereocenters. The fourth-order valence-corrected chi connectivity index (χ4v) is 2.11. The van der Waals surface area contributed by atoms with Gasteiger partial charge in [0, 0.05) is 24.7 Å². The first-order valence-electron chi connectivity index (χ1n) is 5.64. The van der Waals surface area contributed by atoms with Crippen molar-refractivity contribution in [2.24, 2.45) is 11.7 Å². The van der Waals surface area contributed by atoms with Crippen LogP contribution in [0, 0.1) is 11.3 Å². The maximum Gasteiger partial charge on any atom is 0.416 e. The number of rotatable bonds is 2. The fourth-order valence-electron chi connectivity index (χ4n) is 2.11. The Kier molecular flexibility index (Phi) is 3.19. The Hall–Kier alpha value is -1.72. The number of nitrogens with two attached hydrogens (primary N) is 1. The van der Waals surface area contributed by atoms with Crippen molar-refractivity contribution in [1.29, 1.82) is 5.41 Å². The van der Waals surface area contributed by atoms with Gasteiger partial charge in [0.1, 0.15) is 0 Å². The molecule has 1 fully saturated rings. The van der Waals surface area contributed by atoms with Gasteiger partial charge in [0.2, 0.25) is 0 Å². The van der Waals surface area contributed by atoms with Gasteiger partial charge in [-0.2, -0.15) is 13.2 Å². The molecule has 6 heteroatoms. The summed E-state index contributed by atoms with van der Waals surface area (Å²) < 4.78 is 37.2. The number of alkyl halides is 3. The van der Waals surface area contributed by atoms with Crippen molar-refractivity contribution < 1.29 is 13.2 Å². The third-order valence-electron chi connectivity index (χ3n) is 3.19. The Balaban J connectivity index is 2.10. The predicted molar refractivity (Wildman–Crippen MR) is 63.7 cm³/mol. The second kappa shape index (κ2) is 4.51. The number of benzene rings is 1. The van der Waals surface area contributed by atoms with Crippen LogP contribution in [0.5, 0.6) is 0 Å². The van der Waals surface area contributed by atoms with Crippen molar-refractivity contribution in [1.82, 2.24) is 0 Å². The van der Waals surface area contributed by atoms with Gasteiger partial charge in [0.05, 0.1) is 11.4 Å². The molecule has 1 heterocycles. The smallest absolute Gasteiger partial charge is 0.387 e. The van der Waals surface area contributed by atoms with Gasteiger partial charge in [-0.05, 0) is 30.7 Å². The van der Waals surface area contributed by atoms with E-state index in [-0.39, 0.29) is 11.8 Å². The quantitative estimate of drug-likeness (QED) is 0.631. The van der Waals surface area contributed by atoms with Gasteiger partial charge in [-0.3, -0.25) is 5.41 Å². The second-order valence-electron chi connectivity index (χ2n) is 4.43. The topological polar surface area (TPSA) is 53.1 Å². The van der Waals surface area contributed by atoms with Gasteiger partial charge in [0.25, 0.3) is 0 Å². The molecule has 1 atom stereocenters. The van der Waals surface area contributed by atoms with Crippen molar-refractivity contribution in [2.45, 2.75) is 12.6 Å². The third kappa shape index (κ3) is 2.57. The molecule has 3 nitrogen and oxygen atoms in total. The van der Waals surface area contributed by atoms with Crippen molar-refractivity contribution in [3.8, 4) is 0 Å². The fraction of sp³-hybridized carbons (Fsp3) is 0.417. The summed E-state index contributed by atoms with van der Waals surface area (Å²) in [6.07, 6.45) is -3.53. The molecular weight excluding hydrogens is 243 g/mol. The molecule has 0 spiro atoms. The van der Waals surface area contributed by atoms with Crippen LogP contribution in [-0.4, -0.2) is 18.9 Å². The molecule has 1 aliphatic heterocycles. The van der Waals surface area contributed by atoms with E-state index < -0.39 is 11.7 Å². The maximum atomic E-state index is 12.4. The molecule has 0 amide bonds. The lowest BCUT2D eigenvalue weighted by molar-refractivity contribution is -0.137. The van der Waals surface area contributed by atoms with E-state index in [1.54, 1.807) is 0 Å². The van der Waals surface area contributed by atoms with Crippen molar-refractivity contribution >= 4 is 11.5 Å². The van der Waals surface area contributed by atoms with Gasteiger partial charge in [0.15, 0.2) is 0 Å². The van der Waals surface area contributed by atoms with E-state index in [1.807, 2.05) is 4.90 Å². The Morgan fingerprint density at radius 2 is 1.89 bits per heavy atom. The zero-order valence-corrected chi connectivity index (χ0v) is 9.67. The normalized spacial score (nSPS) is 20.2. The highest BCUT2D eigenvalue weighted by molar-refractivity contribution is 5.81. The molecule has 0 bridgehead atoms. The van der Waals surface area contributed by atoms with Crippen molar-refractivity contribution in [2.75, 3.05) is 18.0 Å². The molecule has 3 N–H and O–H groups in total. The Labute approximate surface area is 103 Å². The maximum absolute atomic E-state index is 12.4. The Bertz CT molecular complexity index is 439. The lowest BCUT2D eigenvalue weighted by Crippen LogP contribution is -2.26. The average molecular weight is 257 g/mol. The highest BCUT2D eigenvalue weighted by atomic mass is 19.4. The standard InChI is InChI=1S/C12H14F3N3/c13-12(14,15)9-1-3-10(4-2-9)18-6-5-8(7-18)11(16)17/h1-4,8H,5-7H2,(H3,16,17)/t8-/m0/s1. The highest BCUT2D eigenvalue weighted by Crippen LogP contribution is 2.31. The first-order chi connectivity index (χ1) is 8.38. The Morgan fingerprint density at radius 1 is 1.28 bits per heavy atom. The van der Waals surface area contributed by atoms with Crippen LogP contribution in [0.3, 0.4) is 0 Å². The molecule has 0 aromatic heterocycles. The van der Waals surface area contributed by atoms with Crippen molar-refractivity contribution in [3.05, 3.63) is 29.8 Å². The van der Waals surface area contributed by atoms with Gasteiger partial charge in [-0.15, -0.1) is 0 Å². The average Bonchev–Trinajstić information content (AvgIpc) is 2.77. The number of anilines is 1.